The molecule has 2 heterocycles. The van der Waals surface area contributed by atoms with Crippen LogP contribution in [0, 0.1) is 6.92 Å². The molecule has 0 radical (unpaired) electrons. The zero-order valence-corrected chi connectivity index (χ0v) is 14.9. The summed E-state index contributed by atoms with van der Waals surface area (Å²) in [7, 11) is 0. The molecule has 4 rings (SSSR count). The van der Waals surface area contributed by atoms with Gasteiger partial charge in [-0.15, -0.1) is 11.3 Å². The van der Waals surface area contributed by atoms with Gasteiger partial charge in [-0.1, -0.05) is 47.6 Å². The molecule has 0 saturated heterocycles. The third-order valence-corrected chi connectivity index (χ3v) is 5.13. The van der Waals surface area contributed by atoms with Crippen molar-refractivity contribution in [1.29, 1.82) is 0 Å². The quantitative estimate of drug-likeness (QED) is 0.406. The normalized spacial score (nSPS) is 11.7. The highest BCUT2D eigenvalue weighted by atomic mass is 32.1. The summed E-state index contributed by atoms with van der Waals surface area (Å²) in [6, 6.07) is 16.7. The second-order valence-corrected chi connectivity index (χ2v) is 7.20. The minimum atomic E-state index is -4.42. The number of nitrogens with zero attached hydrogens (tertiary/aromatic N) is 2. The number of hydrogen-bond donors (Lipinski definition) is 0. The molecule has 0 saturated carbocycles. The minimum Gasteiger partial charge on any atom is -0.333 e. The highest BCUT2D eigenvalue weighted by Gasteiger charge is 2.30. The Balaban J connectivity index is 1.68. The van der Waals surface area contributed by atoms with Crippen LogP contribution >= 0.6 is 11.3 Å². The van der Waals surface area contributed by atoms with Gasteiger partial charge in [0.05, 0.1) is 10.4 Å². The first-order valence-electron chi connectivity index (χ1n) is 8.09. The molecule has 0 N–H and O–H groups in total. The zero-order chi connectivity index (χ0) is 19.0. The number of thiophene rings is 1. The van der Waals surface area contributed by atoms with E-state index in [-0.39, 0.29) is 17.3 Å². The van der Waals surface area contributed by atoms with Crippen LogP contribution in [-0.4, -0.2) is 10.1 Å². The lowest BCUT2D eigenvalue weighted by atomic mass is 10.1. The van der Waals surface area contributed by atoms with Crippen molar-refractivity contribution in [2.75, 3.05) is 0 Å². The van der Waals surface area contributed by atoms with Gasteiger partial charge in [-0.25, -0.2) is 0 Å². The summed E-state index contributed by atoms with van der Waals surface area (Å²) >= 11 is 1.50. The van der Waals surface area contributed by atoms with Crippen molar-refractivity contribution in [3.8, 4) is 33.3 Å². The van der Waals surface area contributed by atoms with E-state index in [1.54, 1.807) is 0 Å². The summed E-state index contributed by atoms with van der Waals surface area (Å²) in [5, 5.41) is 3.85. The lowest BCUT2D eigenvalue weighted by Crippen LogP contribution is -2.04. The van der Waals surface area contributed by atoms with E-state index in [4.69, 9.17) is 4.52 Å². The van der Waals surface area contributed by atoms with E-state index in [2.05, 4.69) is 10.1 Å². The van der Waals surface area contributed by atoms with E-state index in [1.165, 1.54) is 23.5 Å². The Labute approximate surface area is 157 Å². The Bertz CT molecular complexity index is 1080. The number of hydrogen-bond acceptors (Lipinski definition) is 4. The first-order chi connectivity index (χ1) is 12.9. The van der Waals surface area contributed by atoms with Crippen molar-refractivity contribution < 1.29 is 17.7 Å². The van der Waals surface area contributed by atoms with Crippen molar-refractivity contribution in [2.45, 2.75) is 13.1 Å². The third-order valence-electron chi connectivity index (χ3n) is 4.09. The second kappa shape index (κ2) is 6.66. The van der Waals surface area contributed by atoms with E-state index in [9.17, 15) is 13.2 Å². The lowest BCUT2D eigenvalue weighted by molar-refractivity contribution is -0.137. The number of aryl methyl sites for hydroxylation is 1. The van der Waals surface area contributed by atoms with Gasteiger partial charge < -0.3 is 4.52 Å². The Hall–Kier alpha value is -2.93. The largest absolute Gasteiger partial charge is 0.416 e. The zero-order valence-electron chi connectivity index (χ0n) is 14.1. The van der Waals surface area contributed by atoms with Crippen LogP contribution in [0.3, 0.4) is 0 Å². The molecule has 3 nitrogen and oxygen atoms in total. The van der Waals surface area contributed by atoms with E-state index in [0.29, 0.717) is 0 Å². The van der Waals surface area contributed by atoms with Crippen LogP contribution in [-0.2, 0) is 6.18 Å². The van der Waals surface area contributed by atoms with Crippen molar-refractivity contribution >= 4 is 11.3 Å². The maximum absolute atomic E-state index is 12.9. The maximum Gasteiger partial charge on any atom is 0.416 e. The fourth-order valence-electron chi connectivity index (χ4n) is 2.77. The molecule has 2 aromatic heterocycles. The first-order valence-corrected chi connectivity index (χ1v) is 8.91. The predicted molar refractivity (Wildman–Crippen MR) is 98.2 cm³/mol. The van der Waals surface area contributed by atoms with Crippen LogP contribution in [0.2, 0.25) is 0 Å². The van der Waals surface area contributed by atoms with Gasteiger partial charge >= 0.3 is 6.18 Å². The number of aromatic nitrogens is 2. The molecule has 27 heavy (non-hydrogen) atoms. The van der Waals surface area contributed by atoms with Crippen LogP contribution in [0.5, 0.6) is 0 Å². The van der Waals surface area contributed by atoms with Crippen molar-refractivity contribution in [3.63, 3.8) is 0 Å². The van der Waals surface area contributed by atoms with Gasteiger partial charge in [0.2, 0.25) is 5.82 Å². The lowest BCUT2D eigenvalue weighted by Gasteiger charge is -2.06. The molecule has 0 bridgehead atoms. The molecule has 0 fully saturated rings. The van der Waals surface area contributed by atoms with Crippen LogP contribution in [0.15, 0.2) is 65.2 Å². The Morgan fingerprint density at radius 2 is 1.67 bits per heavy atom. The number of benzene rings is 2. The van der Waals surface area contributed by atoms with Crippen molar-refractivity contribution in [3.05, 3.63) is 71.1 Å². The van der Waals surface area contributed by atoms with Gasteiger partial charge in [0, 0.05) is 10.4 Å². The summed E-state index contributed by atoms with van der Waals surface area (Å²) in [6.45, 7) is 2.00. The summed E-state index contributed by atoms with van der Waals surface area (Å²) in [6.07, 6.45) is -4.42. The second-order valence-electron chi connectivity index (χ2n) is 5.95. The van der Waals surface area contributed by atoms with Gasteiger partial charge in [0.1, 0.15) is 0 Å². The van der Waals surface area contributed by atoms with Crippen LogP contribution < -0.4 is 0 Å². The Morgan fingerprint density at radius 3 is 2.41 bits per heavy atom. The summed E-state index contributed by atoms with van der Waals surface area (Å²) in [5.41, 5.74) is 1.66. The number of rotatable bonds is 3. The third kappa shape index (κ3) is 3.50. The molecular formula is C20H13F3N2OS. The number of alkyl halides is 3. The highest BCUT2D eigenvalue weighted by molar-refractivity contribution is 7.15. The van der Waals surface area contributed by atoms with Gasteiger partial charge in [-0.2, -0.15) is 18.2 Å². The van der Waals surface area contributed by atoms with E-state index in [0.717, 1.165) is 33.0 Å². The molecule has 0 aliphatic carbocycles. The molecule has 136 valence electrons. The molecule has 0 atom stereocenters. The minimum absolute atomic E-state index is 0.128. The molecule has 7 heteroatoms. The smallest absolute Gasteiger partial charge is 0.333 e. The standard InChI is InChI=1S/C20H13F3N2OS/c1-12-16(13-6-3-2-4-7-13)11-17(27-12)19-24-18(25-26-19)14-8-5-9-15(10-14)20(21,22)23/h2-11H,1H3. The summed E-state index contributed by atoms with van der Waals surface area (Å²) < 4.78 is 44.0. The summed E-state index contributed by atoms with van der Waals surface area (Å²) in [4.78, 5) is 6.16. The predicted octanol–water partition coefficient (Wildman–Crippen LogP) is 6.46. The molecule has 2 aromatic carbocycles. The van der Waals surface area contributed by atoms with Crippen molar-refractivity contribution in [1.82, 2.24) is 10.1 Å². The topological polar surface area (TPSA) is 38.9 Å². The average molecular weight is 386 g/mol. The van der Waals surface area contributed by atoms with Crippen LogP contribution in [0.1, 0.15) is 10.4 Å². The molecule has 0 aliphatic rings. The molecule has 0 aliphatic heterocycles. The Kier molecular flexibility index (Phi) is 4.31. The molecule has 0 amide bonds. The molecule has 0 unspecified atom stereocenters. The molecule has 0 spiro atoms. The summed E-state index contributed by atoms with van der Waals surface area (Å²) in [5.74, 6) is 0.418. The average Bonchev–Trinajstić information content (AvgIpc) is 3.29. The van der Waals surface area contributed by atoms with Crippen LogP contribution in [0.4, 0.5) is 13.2 Å². The molecule has 4 aromatic rings. The van der Waals surface area contributed by atoms with Gasteiger partial charge in [0.25, 0.3) is 5.89 Å². The fraction of sp³-hybridized carbons (Fsp3) is 0.100. The number of halogens is 3. The molecular weight excluding hydrogens is 373 g/mol. The van der Waals surface area contributed by atoms with Gasteiger partial charge in [-0.05, 0) is 36.2 Å². The van der Waals surface area contributed by atoms with E-state index < -0.39 is 11.7 Å². The van der Waals surface area contributed by atoms with Gasteiger partial charge in [-0.3, -0.25) is 0 Å². The Morgan fingerprint density at radius 1 is 0.926 bits per heavy atom. The maximum atomic E-state index is 12.9. The van der Waals surface area contributed by atoms with E-state index >= 15 is 0 Å². The first kappa shape index (κ1) is 17.5. The van der Waals surface area contributed by atoms with Gasteiger partial charge in [0.15, 0.2) is 0 Å². The van der Waals surface area contributed by atoms with Crippen LogP contribution in [0.25, 0.3) is 33.3 Å². The SMILES string of the molecule is Cc1sc(-c2nc(-c3cccc(C(F)(F)F)c3)no2)cc1-c1ccccc1. The fourth-order valence-corrected chi connectivity index (χ4v) is 3.73. The van der Waals surface area contributed by atoms with E-state index in [1.807, 2.05) is 43.3 Å². The highest BCUT2D eigenvalue weighted by Crippen LogP contribution is 2.37. The van der Waals surface area contributed by atoms with Crippen molar-refractivity contribution in [2.24, 2.45) is 0 Å². The monoisotopic (exact) mass is 386 g/mol.